The molecule has 112 valence electrons. The zero-order valence-corrected chi connectivity index (χ0v) is 12.6. The van der Waals surface area contributed by atoms with Gasteiger partial charge in [-0.1, -0.05) is 30.0 Å². The van der Waals surface area contributed by atoms with Gasteiger partial charge in [0.25, 0.3) is 5.69 Å². The smallest absolute Gasteiger partial charge is 0.294 e. The minimum Gasteiger partial charge on any atom is -0.344 e. The number of aliphatic imine (C=N–C) groups is 1. The van der Waals surface area contributed by atoms with Crippen LogP contribution < -0.4 is 0 Å². The molecule has 0 amide bonds. The Morgan fingerprint density at radius 1 is 1.27 bits per heavy atom. The van der Waals surface area contributed by atoms with E-state index in [1.165, 1.54) is 6.07 Å². The van der Waals surface area contributed by atoms with Gasteiger partial charge in [0.1, 0.15) is 5.69 Å². The molecule has 0 spiro atoms. The number of amidine groups is 1. The van der Waals surface area contributed by atoms with Crippen molar-refractivity contribution in [1.82, 2.24) is 9.88 Å². The summed E-state index contributed by atoms with van der Waals surface area (Å²) < 4.78 is 0. The summed E-state index contributed by atoms with van der Waals surface area (Å²) in [6.45, 7) is 1.52. The van der Waals surface area contributed by atoms with Crippen molar-refractivity contribution in [1.29, 1.82) is 0 Å². The minimum absolute atomic E-state index is 0.0280. The van der Waals surface area contributed by atoms with Gasteiger partial charge in [-0.3, -0.25) is 15.1 Å². The average Bonchev–Trinajstić information content (AvgIpc) is 2.96. The third-order valence-electron chi connectivity index (χ3n) is 3.24. The van der Waals surface area contributed by atoms with Crippen LogP contribution in [0.1, 0.15) is 5.69 Å². The summed E-state index contributed by atoms with van der Waals surface area (Å²) in [6.07, 6.45) is 1.76. The van der Waals surface area contributed by atoms with Crippen LogP contribution in [-0.2, 0) is 6.54 Å². The number of para-hydroxylation sites is 2. The first-order chi connectivity index (χ1) is 10.7. The number of pyridine rings is 1. The summed E-state index contributed by atoms with van der Waals surface area (Å²) >= 11 is 1.61. The standard InChI is InChI=1S/C15H14N4O2S/c20-19(21)14-7-2-1-6-13(14)17-15-18(9-10-22-15)11-12-5-3-4-8-16-12/h1-8H,9-11H2. The normalized spacial score (nSPS) is 16.2. The Kier molecular flexibility index (Phi) is 4.34. The highest BCUT2D eigenvalue weighted by molar-refractivity contribution is 8.14. The first-order valence-corrected chi connectivity index (χ1v) is 7.82. The van der Waals surface area contributed by atoms with E-state index in [0.717, 1.165) is 23.2 Å². The molecule has 0 aliphatic carbocycles. The SMILES string of the molecule is O=[N+]([O-])c1ccccc1N=C1SCCN1Cc1ccccn1. The molecule has 0 bridgehead atoms. The van der Waals surface area contributed by atoms with Gasteiger partial charge in [0, 0.05) is 24.6 Å². The number of hydrogen-bond donors (Lipinski definition) is 0. The van der Waals surface area contributed by atoms with Gasteiger partial charge in [-0.15, -0.1) is 0 Å². The van der Waals surface area contributed by atoms with Crippen molar-refractivity contribution in [3.63, 3.8) is 0 Å². The van der Waals surface area contributed by atoms with Gasteiger partial charge in [-0.2, -0.15) is 0 Å². The number of nitrogens with zero attached hydrogens (tertiary/aromatic N) is 4. The van der Waals surface area contributed by atoms with E-state index in [-0.39, 0.29) is 5.69 Å². The Labute approximate surface area is 132 Å². The minimum atomic E-state index is -0.401. The molecule has 1 saturated heterocycles. The fourth-order valence-electron chi connectivity index (χ4n) is 2.19. The second-order valence-corrected chi connectivity index (χ2v) is 5.79. The van der Waals surface area contributed by atoms with E-state index < -0.39 is 4.92 Å². The van der Waals surface area contributed by atoms with Crippen LogP contribution in [0.3, 0.4) is 0 Å². The van der Waals surface area contributed by atoms with Gasteiger partial charge >= 0.3 is 0 Å². The first kappa shape index (κ1) is 14.5. The lowest BCUT2D eigenvalue weighted by atomic mass is 10.3. The molecule has 1 aliphatic rings. The van der Waals surface area contributed by atoms with Gasteiger partial charge in [-0.05, 0) is 18.2 Å². The molecule has 0 saturated carbocycles. The molecule has 1 aliphatic heterocycles. The van der Waals surface area contributed by atoms with Crippen molar-refractivity contribution in [3.05, 3.63) is 64.5 Å². The van der Waals surface area contributed by atoms with Crippen molar-refractivity contribution < 1.29 is 4.92 Å². The van der Waals surface area contributed by atoms with Gasteiger partial charge < -0.3 is 4.90 Å². The molecule has 1 aromatic heterocycles. The summed E-state index contributed by atoms with van der Waals surface area (Å²) in [4.78, 5) is 21.6. The molecule has 1 aromatic carbocycles. The lowest BCUT2D eigenvalue weighted by Crippen LogP contribution is -2.24. The highest BCUT2D eigenvalue weighted by atomic mass is 32.2. The van der Waals surface area contributed by atoms with Crippen molar-refractivity contribution in [2.45, 2.75) is 6.54 Å². The Balaban J connectivity index is 1.85. The van der Waals surface area contributed by atoms with E-state index in [1.54, 1.807) is 36.2 Å². The summed E-state index contributed by atoms with van der Waals surface area (Å²) in [5.74, 6) is 0.923. The predicted molar refractivity (Wildman–Crippen MR) is 87.3 cm³/mol. The van der Waals surface area contributed by atoms with Crippen LogP contribution in [0.25, 0.3) is 0 Å². The molecule has 2 aromatic rings. The van der Waals surface area contributed by atoms with Crippen LogP contribution in [0, 0.1) is 10.1 Å². The van der Waals surface area contributed by atoms with E-state index in [1.807, 2.05) is 18.2 Å². The van der Waals surface area contributed by atoms with Crippen molar-refractivity contribution in [2.24, 2.45) is 4.99 Å². The molecule has 6 nitrogen and oxygen atoms in total. The Morgan fingerprint density at radius 2 is 2.09 bits per heavy atom. The monoisotopic (exact) mass is 314 g/mol. The number of rotatable bonds is 4. The highest BCUT2D eigenvalue weighted by Crippen LogP contribution is 2.30. The van der Waals surface area contributed by atoms with E-state index in [2.05, 4.69) is 14.9 Å². The van der Waals surface area contributed by atoms with Crippen LogP contribution in [0.4, 0.5) is 11.4 Å². The van der Waals surface area contributed by atoms with Crippen LogP contribution in [-0.4, -0.2) is 32.3 Å². The molecular formula is C15H14N4O2S. The Hall–Kier alpha value is -2.41. The third-order valence-corrected chi connectivity index (χ3v) is 4.23. The molecule has 0 radical (unpaired) electrons. The summed E-state index contributed by atoms with van der Waals surface area (Å²) in [6, 6.07) is 12.3. The number of nitro groups is 1. The van der Waals surface area contributed by atoms with E-state index in [0.29, 0.717) is 12.2 Å². The summed E-state index contributed by atoms with van der Waals surface area (Å²) in [5, 5.41) is 11.9. The fourth-order valence-corrected chi connectivity index (χ4v) is 3.18. The molecule has 0 atom stereocenters. The number of nitro benzene ring substituents is 1. The van der Waals surface area contributed by atoms with Gasteiger partial charge in [-0.25, -0.2) is 4.99 Å². The lowest BCUT2D eigenvalue weighted by Gasteiger charge is -2.17. The Morgan fingerprint density at radius 3 is 2.86 bits per heavy atom. The van der Waals surface area contributed by atoms with E-state index >= 15 is 0 Å². The second kappa shape index (κ2) is 6.57. The zero-order chi connectivity index (χ0) is 15.4. The number of aromatic nitrogens is 1. The van der Waals surface area contributed by atoms with Crippen molar-refractivity contribution in [2.75, 3.05) is 12.3 Å². The summed E-state index contributed by atoms with van der Waals surface area (Å²) in [5.41, 5.74) is 1.38. The third kappa shape index (κ3) is 3.25. The van der Waals surface area contributed by atoms with Crippen LogP contribution >= 0.6 is 11.8 Å². The second-order valence-electron chi connectivity index (χ2n) is 4.73. The maximum absolute atomic E-state index is 11.1. The molecule has 7 heteroatoms. The number of hydrogen-bond acceptors (Lipinski definition) is 5. The van der Waals surface area contributed by atoms with Crippen LogP contribution in [0.2, 0.25) is 0 Å². The Bertz CT molecular complexity index is 706. The van der Waals surface area contributed by atoms with Gasteiger partial charge in [0.05, 0.1) is 17.2 Å². The molecular weight excluding hydrogens is 300 g/mol. The first-order valence-electron chi connectivity index (χ1n) is 6.84. The highest BCUT2D eigenvalue weighted by Gasteiger charge is 2.22. The van der Waals surface area contributed by atoms with Crippen LogP contribution in [0.15, 0.2) is 53.7 Å². The maximum Gasteiger partial charge on any atom is 0.294 e. The van der Waals surface area contributed by atoms with Crippen molar-refractivity contribution >= 4 is 28.3 Å². The topological polar surface area (TPSA) is 71.6 Å². The van der Waals surface area contributed by atoms with Gasteiger partial charge in [0.15, 0.2) is 5.17 Å². The van der Waals surface area contributed by atoms with E-state index in [9.17, 15) is 10.1 Å². The number of thioether (sulfide) groups is 1. The van der Waals surface area contributed by atoms with Crippen molar-refractivity contribution in [3.8, 4) is 0 Å². The number of benzene rings is 1. The quantitative estimate of drug-likeness (QED) is 0.640. The lowest BCUT2D eigenvalue weighted by molar-refractivity contribution is -0.384. The van der Waals surface area contributed by atoms with Gasteiger partial charge in [0.2, 0.25) is 0 Å². The fraction of sp³-hybridized carbons (Fsp3) is 0.200. The largest absolute Gasteiger partial charge is 0.344 e. The average molecular weight is 314 g/mol. The molecule has 22 heavy (non-hydrogen) atoms. The van der Waals surface area contributed by atoms with E-state index in [4.69, 9.17) is 0 Å². The summed E-state index contributed by atoms with van der Waals surface area (Å²) in [7, 11) is 0. The molecule has 3 rings (SSSR count). The predicted octanol–water partition coefficient (Wildman–Crippen LogP) is 3.23. The molecule has 0 unspecified atom stereocenters. The molecule has 1 fully saturated rings. The molecule has 0 N–H and O–H groups in total. The van der Waals surface area contributed by atoms with Crippen LogP contribution in [0.5, 0.6) is 0 Å². The maximum atomic E-state index is 11.1. The zero-order valence-electron chi connectivity index (χ0n) is 11.8. The molecule has 2 heterocycles.